The van der Waals surface area contributed by atoms with Gasteiger partial charge in [0.1, 0.15) is 0 Å². The number of halogens is 1. The van der Waals surface area contributed by atoms with Crippen LogP contribution in [0.3, 0.4) is 0 Å². The number of nitrogens with one attached hydrogen (secondary N) is 1. The summed E-state index contributed by atoms with van der Waals surface area (Å²) in [4.78, 5) is 0. The molecule has 0 heterocycles. The van der Waals surface area contributed by atoms with Crippen molar-refractivity contribution in [3.63, 3.8) is 0 Å². The minimum atomic E-state index is 0.171. The molecule has 0 aliphatic rings. The van der Waals surface area contributed by atoms with Crippen molar-refractivity contribution in [1.29, 1.82) is 0 Å². The van der Waals surface area contributed by atoms with Crippen molar-refractivity contribution >= 4 is 15.9 Å². The summed E-state index contributed by atoms with van der Waals surface area (Å²) in [5.41, 5.74) is 1.19. The van der Waals surface area contributed by atoms with Gasteiger partial charge < -0.3 is 14.8 Å². The summed E-state index contributed by atoms with van der Waals surface area (Å²) in [6.45, 7) is 11.9. The number of hydrogen-bond acceptors (Lipinski definition) is 3. The highest BCUT2D eigenvalue weighted by atomic mass is 79.9. The molecule has 0 aliphatic heterocycles. The molecule has 1 N–H and O–H groups in total. The summed E-state index contributed by atoms with van der Waals surface area (Å²) < 4.78 is 12.6. The SMILES string of the molecule is CCOc1cc(CNC(C)C)cc(Br)c1OC(C)CC. The highest BCUT2D eigenvalue weighted by molar-refractivity contribution is 9.10. The maximum absolute atomic E-state index is 5.97. The second-order valence-corrected chi connectivity index (χ2v) is 6.06. The molecule has 0 aliphatic carbocycles. The van der Waals surface area contributed by atoms with E-state index in [-0.39, 0.29) is 6.10 Å². The van der Waals surface area contributed by atoms with Gasteiger partial charge >= 0.3 is 0 Å². The minimum Gasteiger partial charge on any atom is -0.490 e. The van der Waals surface area contributed by atoms with E-state index in [1.54, 1.807) is 0 Å². The number of rotatable bonds is 8. The van der Waals surface area contributed by atoms with Gasteiger partial charge in [-0.2, -0.15) is 0 Å². The Hall–Kier alpha value is -0.740. The van der Waals surface area contributed by atoms with Gasteiger partial charge in [0.15, 0.2) is 11.5 Å². The van der Waals surface area contributed by atoms with Gasteiger partial charge in [-0.15, -0.1) is 0 Å². The molecule has 1 aromatic rings. The molecule has 0 bridgehead atoms. The lowest BCUT2D eigenvalue weighted by atomic mass is 10.2. The molecule has 20 heavy (non-hydrogen) atoms. The van der Waals surface area contributed by atoms with E-state index in [0.717, 1.165) is 28.9 Å². The smallest absolute Gasteiger partial charge is 0.175 e. The van der Waals surface area contributed by atoms with E-state index in [9.17, 15) is 0 Å². The Morgan fingerprint density at radius 1 is 1.20 bits per heavy atom. The van der Waals surface area contributed by atoms with Crippen LogP contribution < -0.4 is 14.8 Å². The first-order valence-electron chi connectivity index (χ1n) is 7.33. The van der Waals surface area contributed by atoms with E-state index < -0.39 is 0 Å². The van der Waals surface area contributed by atoms with Crippen LogP contribution in [-0.4, -0.2) is 18.8 Å². The first-order chi connectivity index (χ1) is 9.47. The van der Waals surface area contributed by atoms with Crippen LogP contribution in [0.25, 0.3) is 0 Å². The minimum absolute atomic E-state index is 0.171. The van der Waals surface area contributed by atoms with Crippen molar-refractivity contribution in [2.45, 2.75) is 59.7 Å². The van der Waals surface area contributed by atoms with Crippen molar-refractivity contribution < 1.29 is 9.47 Å². The third-order valence-electron chi connectivity index (χ3n) is 2.98. The van der Waals surface area contributed by atoms with Gasteiger partial charge in [0.05, 0.1) is 17.2 Å². The molecule has 3 nitrogen and oxygen atoms in total. The Morgan fingerprint density at radius 2 is 1.90 bits per heavy atom. The first-order valence-corrected chi connectivity index (χ1v) is 8.12. The molecule has 114 valence electrons. The maximum atomic E-state index is 5.97. The van der Waals surface area contributed by atoms with Crippen LogP contribution in [0.1, 0.15) is 46.6 Å². The third kappa shape index (κ3) is 5.33. The topological polar surface area (TPSA) is 30.5 Å². The predicted molar refractivity (Wildman–Crippen MR) is 87.7 cm³/mol. The second kappa shape index (κ2) is 8.53. The van der Waals surface area contributed by atoms with Gasteiger partial charge in [0, 0.05) is 12.6 Å². The fourth-order valence-corrected chi connectivity index (χ4v) is 2.29. The van der Waals surface area contributed by atoms with Gasteiger partial charge in [-0.05, 0) is 53.9 Å². The summed E-state index contributed by atoms with van der Waals surface area (Å²) >= 11 is 3.60. The Balaban J connectivity index is 2.98. The van der Waals surface area contributed by atoms with Crippen LogP contribution in [0.4, 0.5) is 0 Å². The van der Waals surface area contributed by atoms with Crippen molar-refractivity contribution in [2.24, 2.45) is 0 Å². The molecule has 0 saturated heterocycles. The third-order valence-corrected chi connectivity index (χ3v) is 3.57. The second-order valence-electron chi connectivity index (χ2n) is 5.21. The zero-order valence-corrected chi connectivity index (χ0v) is 14.7. The summed E-state index contributed by atoms with van der Waals surface area (Å²) in [7, 11) is 0. The van der Waals surface area contributed by atoms with E-state index >= 15 is 0 Å². The van der Waals surface area contributed by atoms with Crippen LogP contribution in [0, 0.1) is 0 Å². The van der Waals surface area contributed by atoms with Gasteiger partial charge in [-0.3, -0.25) is 0 Å². The average molecular weight is 344 g/mol. The van der Waals surface area contributed by atoms with Gasteiger partial charge in [0.25, 0.3) is 0 Å². The first kappa shape index (κ1) is 17.3. The quantitative estimate of drug-likeness (QED) is 0.752. The zero-order chi connectivity index (χ0) is 15.1. The Kier molecular flexibility index (Phi) is 7.38. The van der Waals surface area contributed by atoms with E-state index in [0.29, 0.717) is 12.6 Å². The molecule has 0 saturated carbocycles. The van der Waals surface area contributed by atoms with Crippen LogP contribution in [0.15, 0.2) is 16.6 Å². The molecule has 4 heteroatoms. The fourth-order valence-electron chi connectivity index (χ4n) is 1.71. The molecule has 0 aromatic heterocycles. The predicted octanol–water partition coefficient (Wildman–Crippen LogP) is 4.52. The molecule has 1 atom stereocenters. The van der Waals surface area contributed by atoms with E-state index in [2.05, 4.69) is 61.1 Å². The van der Waals surface area contributed by atoms with E-state index in [1.807, 2.05) is 6.92 Å². The molecule has 0 amide bonds. The van der Waals surface area contributed by atoms with Crippen molar-refractivity contribution in [3.8, 4) is 11.5 Å². The molecule has 1 unspecified atom stereocenters. The molecule has 0 spiro atoms. The summed E-state index contributed by atoms with van der Waals surface area (Å²) in [6, 6.07) is 4.61. The van der Waals surface area contributed by atoms with Gasteiger partial charge in [-0.25, -0.2) is 0 Å². The number of benzene rings is 1. The Labute approximate surface area is 131 Å². The van der Waals surface area contributed by atoms with Crippen molar-refractivity contribution in [2.75, 3.05) is 6.61 Å². The molecule has 1 rings (SSSR count). The average Bonchev–Trinajstić information content (AvgIpc) is 2.40. The summed E-state index contributed by atoms with van der Waals surface area (Å²) in [5.74, 6) is 1.61. The number of hydrogen-bond donors (Lipinski definition) is 1. The molecule has 0 radical (unpaired) electrons. The van der Waals surface area contributed by atoms with Gasteiger partial charge in [0.2, 0.25) is 0 Å². The maximum Gasteiger partial charge on any atom is 0.175 e. The molecule has 1 aromatic carbocycles. The van der Waals surface area contributed by atoms with Crippen LogP contribution >= 0.6 is 15.9 Å². The fraction of sp³-hybridized carbons (Fsp3) is 0.625. The number of ether oxygens (including phenoxy) is 2. The van der Waals surface area contributed by atoms with Crippen molar-refractivity contribution in [3.05, 3.63) is 22.2 Å². The highest BCUT2D eigenvalue weighted by Crippen LogP contribution is 2.37. The normalized spacial score (nSPS) is 12.6. The van der Waals surface area contributed by atoms with Gasteiger partial charge in [-0.1, -0.05) is 20.8 Å². The van der Waals surface area contributed by atoms with Crippen LogP contribution in [0.5, 0.6) is 11.5 Å². The Morgan fingerprint density at radius 3 is 2.45 bits per heavy atom. The van der Waals surface area contributed by atoms with Crippen LogP contribution in [-0.2, 0) is 6.54 Å². The molecule has 0 fully saturated rings. The van der Waals surface area contributed by atoms with E-state index in [1.165, 1.54) is 5.56 Å². The van der Waals surface area contributed by atoms with Crippen molar-refractivity contribution in [1.82, 2.24) is 5.32 Å². The lowest BCUT2D eigenvalue weighted by Crippen LogP contribution is -2.22. The lowest BCUT2D eigenvalue weighted by Gasteiger charge is -2.19. The summed E-state index contributed by atoms with van der Waals surface area (Å²) in [5, 5.41) is 3.41. The summed E-state index contributed by atoms with van der Waals surface area (Å²) in [6.07, 6.45) is 1.14. The highest BCUT2D eigenvalue weighted by Gasteiger charge is 2.14. The van der Waals surface area contributed by atoms with E-state index in [4.69, 9.17) is 9.47 Å². The zero-order valence-electron chi connectivity index (χ0n) is 13.1. The largest absolute Gasteiger partial charge is 0.490 e. The molecular formula is C16H26BrNO2. The standard InChI is InChI=1S/C16H26BrNO2/c1-6-12(5)20-16-14(17)8-13(10-18-11(3)4)9-15(16)19-7-2/h8-9,11-12,18H,6-7,10H2,1-5H3. The lowest BCUT2D eigenvalue weighted by molar-refractivity contribution is 0.201. The Bertz CT molecular complexity index is 421. The van der Waals surface area contributed by atoms with Crippen LogP contribution in [0.2, 0.25) is 0 Å². The monoisotopic (exact) mass is 343 g/mol. The molecular weight excluding hydrogens is 318 g/mol.